The van der Waals surface area contributed by atoms with Crippen LogP contribution in [0.3, 0.4) is 0 Å². The molecule has 0 spiro atoms. The number of aromatic nitrogens is 1. The number of alkyl halides is 3. The van der Waals surface area contributed by atoms with Gasteiger partial charge >= 0.3 is 12.1 Å². The largest absolute Gasteiger partial charge is 0.492 e. The van der Waals surface area contributed by atoms with Crippen LogP contribution < -0.4 is 4.74 Å². The summed E-state index contributed by atoms with van der Waals surface area (Å²) in [5, 5.41) is 10.5. The molecule has 1 aliphatic heterocycles. The molecule has 41 heavy (non-hydrogen) atoms. The van der Waals surface area contributed by atoms with Gasteiger partial charge in [-0.1, -0.05) is 47.5 Å². The van der Waals surface area contributed by atoms with Gasteiger partial charge in [0.2, 0.25) is 0 Å². The molecule has 2 aliphatic rings. The molecule has 2 aromatic rings. The minimum absolute atomic E-state index is 0.0134. The maximum absolute atomic E-state index is 14.0. The number of carboxylic acids is 1. The van der Waals surface area contributed by atoms with Gasteiger partial charge in [-0.15, -0.1) is 6.42 Å². The van der Waals surface area contributed by atoms with Crippen LogP contribution in [0.4, 0.5) is 13.2 Å². The Morgan fingerprint density at radius 2 is 2.05 bits per heavy atom. The molecule has 0 atom stereocenters. The zero-order valence-corrected chi connectivity index (χ0v) is 23.6. The number of allylic oxidation sites excluding steroid dienone is 4. The third-order valence-electron chi connectivity index (χ3n) is 6.00. The molecule has 1 N–H and O–H groups in total. The summed E-state index contributed by atoms with van der Waals surface area (Å²) in [7, 11) is -4.36. The highest BCUT2D eigenvalue weighted by molar-refractivity contribution is 8.06. The first kappa shape index (κ1) is 30.3. The van der Waals surface area contributed by atoms with Gasteiger partial charge in [0.15, 0.2) is 0 Å². The van der Waals surface area contributed by atoms with Crippen LogP contribution in [0.5, 0.6) is 5.75 Å². The third-order valence-corrected chi connectivity index (χ3v) is 8.85. The SMILES string of the molecule is C#Cc1cc(C(F)(F)F)ncc1-c1cc(S(=O)(=O)N2C=CSC(C3=CC=CCC3)=C2)c(OCCCC(=O)O)cc1Cl. The molecule has 0 radical (unpaired) electrons. The number of carbonyl (C=O) groups is 1. The predicted octanol–water partition coefficient (Wildman–Crippen LogP) is 6.97. The molecule has 4 rings (SSSR count). The van der Waals surface area contributed by atoms with E-state index in [2.05, 4.69) is 10.9 Å². The van der Waals surface area contributed by atoms with Crippen LogP contribution >= 0.6 is 23.4 Å². The Bertz CT molecular complexity index is 1640. The molecule has 0 fully saturated rings. The molecule has 0 unspecified atom stereocenters. The van der Waals surface area contributed by atoms with E-state index in [1.165, 1.54) is 36.3 Å². The van der Waals surface area contributed by atoms with Gasteiger partial charge in [-0.25, -0.2) is 12.7 Å². The summed E-state index contributed by atoms with van der Waals surface area (Å²) >= 11 is 7.84. The molecular weight excluding hydrogens is 601 g/mol. The number of hydrogen-bond acceptors (Lipinski definition) is 6. The fourth-order valence-corrected chi connectivity index (χ4v) is 6.55. The average Bonchev–Trinajstić information content (AvgIpc) is 2.95. The number of benzene rings is 1. The van der Waals surface area contributed by atoms with E-state index in [4.69, 9.17) is 27.9 Å². The molecule has 0 bridgehead atoms. The second-order valence-electron chi connectivity index (χ2n) is 8.77. The molecule has 1 aliphatic carbocycles. The van der Waals surface area contributed by atoms with Gasteiger partial charge < -0.3 is 9.84 Å². The van der Waals surface area contributed by atoms with Gasteiger partial charge in [0.25, 0.3) is 10.0 Å². The second kappa shape index (κ2) is 12.5. The Morgan fingerprint density at radius 3 is 2.71 bits per heavy atom. The van der Waals surface area contributed by atoms with E-state index in [1.807, 2.05) is 18.2 Å². The van der Waals surface area contributed by atoms with Crippen molar-refractivity contribution in [3.63, 3.8) is 0 Å². The Morgan fingerprint density at radius 1 is 1.27 bits per heavy atom. The van der Waals surface area contributed by atoms with Crippen molar-refractivity contribution in [1.29, 1.82) is 0 Å². The van der Waals surface area contributed by atoms with Gasteiger partial charge in [0.05, 0.1) is 11.6 Å². The summed E-state index contributed by atoms with van der Waals surface area (Å²) in [6.45, 7) is -0.131. The molecule has 0 saturated heterocycles. The summed E-state index contributed by atoms with van der Waals surface area (Å²) < 4.78 is 74.4. The quantitative estimate of drug-likeness (QED) is 0.238. The smallest absolute Gasteiger partial charge is 0.433 e. The number of thioether (sulfide) groups is 1. The minimum Gasteiger partial charge on any atom is -0.492 e. The number of sulfonamides is 1. The molecule has 1 aromatic carbocycles. The Labute approximate surface area is 244 Å². The average molecular weight is 623 g/mol. The van der Waals surface area contributed by atoms with Gasteiger partial charge in [-0.3, -0.25) is 9.78 Å². The van der Waals surface area contributed by atoms with Crippen LogP contribution in [0.1, 0.15) is 36.9 Å². The van der Waals surface area contributed by atoms with Crippen molar-refractivity contribution in [1.82, 2.24) is 9.29 Å². The van der Waals surface area contributed by atoms with Crippen LogP contribution in [0.25, 0.3) is 11.1 Å². The molecule has 214 valence electrons. The summed E-state index contributed by atoms with van der Waals surface area (Å²) in [5.41, 5.74) is -0.409. The van der Waals surface area contributed by atoms with Crippen LogP contribution in [0, 0.1) is 12.3 Å². The maximum Gasteiger partial charge on any atom is 0.433 e. The van der Waals surface area contributed by atoms with E-state index < -0.39 is 27.9 Å². The number of terminal acetylenes is 1. The molecule has 1 aromatic heterocycles. The van der Waals surface area contributed by atoms with Crippen molar-refractivity contribution >= 4 is 39.4 Å². The standard InChI is InChI=1S/C28H22ClF3N2O5S2/c1-2-18-13-26(28(30,31)32)33-16-21(18)20-14-25(23(15-22(20)29)39-11-6-9-27(35)36)41(37,38)34-10-12-40-24(17-34)19-7-4-3-5-8-19/h1,3-4,7,10,12-17H,5-6,8-9,11H2,(H,35,36). The number of nitrogens with zero attached hydrogens (tertiary/aromatic N) is 2. The molecule has 2 heterocycles. The van der Waals surface area contributed by atoms with Gasteiger partial charge in [0.1, 0.15) is 16.3 Å². The summed E-state index contributed by atoms with van der Waals surface area (Å²) in [6, 6.07) is 3.06. The number of hydrogen-bond donors (Lipinski definition) is 1. The van der Waals surface area contributed by atoms with E-state index in [0.29, 0.717) is 6.07 Å². The topological polar surface area (TPSA) is 96.8 Å². The van der Waals surface area contributed by atoms with Crippen molar-refractivity contribution in [2.45, 2.75) is 36.8 Å². The van der Waals surface area contributed by atoms with Crippen molar-refractivity contribution in [2.75, 3.05) is 6.61 Å². The van der Waals surface area contributed by atoms with Crippen molar-refractivity contribution in [3.8, 4) is 29.2 Å². The predicted molar refractivity (Wildman–Crippen MR) is 150 cm³/mol. The molecule has 13 heteroatoms. The maximum atomic E-state index is 14.0. The molecular formula is C28H22ClF3N2O5S2. The number of rotatable bonds is 9. The van der Waals surface area contributed by atoms with Gasteiger partial charge in [-0.05, 0) is 42.4 Å². The number of pyridine rings is 1. The van der Waals surface area contributed by atoms with Gasteiger partial charge in [0, 0.05) is 52.7 Å². The highest BCUT2D eigenvalue weighted by Gasteiger charge is 2.34. The van der Waals surface area contributed by atoms with Crippen molar-refractivity contribution in [2.24, 2.45) is 0 Å². The van der Waals surface area contributed by atoms with Crippen LogP contribution in [0.15, 0.2) is 75.8 Å². The lowest BCUT2D eigenvalue weighted by molar-refractivity contribution is -0.141. The first-order valence-electron chi connectivity index (χ1n) is 12.1. The fourth-order valence-electron chi connectivity index (χ4n) is 3.99. The number of ether oxygens (including phenoxy) is 1. The fraction of sp³-hybridized carbons (Fsp3) is 0.214. The van der Waals surface area contributed by atoms with E-state index >= 15 is 0 Å². The summed E-state index contributed by atoms with van der Waals surface area (Å²) in [4.78, 5) is 14.7. The van der Waals surface area contributed by atoms with Crippen LogP contribution in [-0.4, -0.2) is 35.4 Å². The van der Waals surface area contributed by atoms with E-state index in [9.17, 15) is 26.4 Å². The second-order valence-corrected chi connectivity index (χ2v) is 11.9. The first-order valence-corrected chi connectivity index (χ1v) is 14.8. The molecule has 0 amide bonds. The lowest BCUT2D eigenvalue weighted by Crippen LogP contribution is -2.23. The monoisotopic (exact) mass is 622 g/mol. The summed E-state index contributed by atoms with van der Waals surface area (Å²) in [6.07, 6.45) is 11.7. The van der Waals surface area contributed by atoms with E-state index in [0.717, 1.165) is 33.8 Å². The normalized spacial score (nSPS) is 15.2. The Hall–Kier alpha value is -3.66. The number of halogens is 4. The zero-order chi connectivity index (χ0) is 29.8. The van der Waals surface area contributed by atoms with Gasteiger partial charge in [-0.2, -0.15) is 13.2 Å². The third kappa shape index (κ3) is 6.98. The highest BCUT2D eigenvalue weighted by atomic mass is 35.5. The lowest BCUT2D eigenvalue weighted by atomic mass is 10.0. The molecule has 0 saturated carbocycles. The summed E-state index contributed by atoms with van der Waals surface area (Å²) in [5.74, 6) is 0.975. The van der Waals surface area contributed by atoms with E-state index in [1.54, 1.807) is 5.41 Å². The number of carboxylic acid groups (broad SMARTS) is 1. The lowest BCUT2D eigenvalue weighted by Gasteiger charge is -2.24. The van der Waals surface area contributed by atoms with Crippen LogP contribution in [-0.2, 0) is 21.0 Å². The van der Waals surface area contributed by atoms with Crippen LogP contribution in [0.2, 0.25) is 5.02 Å². The first-order chi connectivity index (χ1) is 19.4. The molecule has 7 nitrogen and oxygen atoms in total. The van der Waals surface area contributed by atoms with E-state index in [-0.39, 0.29) is 51.8 Å². The number of aliphatic carboxylic acids is 1. The highest BCUT2D eigenvalue weighted by Crippen LogP contribution is 2.41. The zero-order valence-electron chi connectivity index (χ0n) is 21.2. The Kier molecular flexibility index (Phi) is 9.21. The van der Waals surface area contributed by atoms with Crippen molar-refractivity contribution < 1.29 is 36.2 Å². The minimum atomic E-state index is -4.75. The Balaban J connectivity index is 1.82. The van der Waals surface area contributed by atoms with Crippen molar-refractivity contribution in [3.05, 3.63) is 87.2 Å².